The molecular weight excluding hydrogens is 536 g/mol. The Morgan fingerprint density at radius 2 is 1.34 bits per heavy atom. The van der Waals surface area contributed by atoms with Gasteiger partial charge in [-0.05, 0) is 77.2 Å². The van der Waals surface area contributed by atoms with Crippen LogP contribution in [0.15, 0.2) is 146 Å². The van der Waals surface area contributed by atoms with E-state index >= 15 is 0 Å². The number of rotatable bonds is 4. The molecule has 0 aliphatic heterocycles. The fourth-order valence-electron chi connectivity index (χ4n) is 7.41. The summed E-state index contributed by atoms with van der Waals surface area (Å²) in [5, 5.41) is 10.1. The zero-order valence-corrected chi connectivity index (χ0v) is 24.2. The molecule has 4 nitrogen and oxygen atoms in total. The highest BCUT2D eigenvalue weighted by Gasteiger charge is 2.47. The summed E-state index contributed by atoms with van der Waals surface area (Å²) in [5.41, 5.74) is 13.2. The number of nitrogens with one attached hydrogen (secondary N) is 1. The van der Waals surface area contributed by atoms with Gasteiger partial charge in [-0.2, -0.15) is 5.10 Å². The fourth-order valence-corrected chi connectivity index (χ4v) is 7.41. The molecule has 0 atom stereocenters. The average Bonchev–Trinajstić information content (AvgIpc) is 3.76. The maximum atomic E-state index is 5.04. The number of para-hydroxylation sites is 1. The van der Waals surface area contributed by atoms with Gasteiger partial charge >= 0.3 is 0 Å². The molecule has 1 N–H and O–H groups in total. The number of nitrogens with zero attached hydrogens (tertiary/aromatic N) is 3. The minimum atomic E-state index is -0.557. The monoisotopic (exact) mass is 564 g/mol. The van der Waals surface area contributed by atoms with Crippen molar-refractivity contribution in [1.82, 2.24) is 19.7 Å². The van der Waals surface area contributed by atoms with E-state index in [2.05, 4.69) is 148 Å². The molecule has 8 aromatic rings. The maximum Gasteiger partial charge on any atom is 0.0924 e. The van der Waals surface area contributed by atoms with Crippen LogP contribution in [-0.4, -0.2) is 19.7 Å². The summed E-state index contributed by atoms with van der Waals surface area (Å²) in [6.45, 7) is 2.03. The molecule has 44 heavy (non-hydrogen) atoms. The maximum absolute atomic E-state index is 5.04. The van der Waals surface area contributed by atoms with Crippen molar-refractivity contribution < 1.29 is 0 Å². The van der Waals surface area contributed by atoms with Crippen LogP contribution in [0, 0.1) is 6.92 Å². The molecule has 0 bridgehead atoms. The van der Waals surface area contributed by atoms with Crippen LogP contribution in [0.2, 0.25) is 0 Å². The molecule has 1 aliphatic carbocycles. The smallest absolute Gasteiger partial charge is 0.0924 e. The third kappa shape index (κ3) is 3.39. The van der Waals surface area contributed by atoms with E-state index in [0.717, 1.165) is 33.8 Å². The second kappa shape index (κ2) is 9.38. The first kappa shape index (κ1) is 24.8. The van der Waals surface area contributed by atoms with Crippen molar-refractivity contribution in [3.05, 3.63) is 174 Å². The lowest BCUT2D eigenvalue weighted by Gasteiger charge is -2.32. The molecule has 5 aromatic carbocycles. The zero-order valence-electron chi connectivity index (χ0n) is 24.2. The SMILES string of the molecule is Cc1cc(-c2cccc(-n3c4ccccc4c4ccc(C5(c6ccccn6)c6ccccc6-c6ccccc65)cc43)c2)n[nH]1. The Hall–Kier alpha value is -5.74. The lowest BCUT2D eigenvalue weighted by Crippen LogP contribution is -2.29. The van der Waals surface area contributed by atoms with Crippen LogP contribution in [0.3, 0.4) is 0 Å². The van der Waals surface area contributed by atoms with Crippen molar-refractivity contribution in [1.29, 1.82) is 0 Å². The van der Waals surface area contributed by atoms with Gasteiger partial charge < -0.3 is 4.57 Å². The quantitative estimate of drug-likeness (QED) is 0.232. The third-order valence-corrected chi connectivity index (χ3v) is 9.21. The Kier molecular flexibility index (Phi) is 5.29. The van der Waals surface area contributed by atoms with E-state index in [4.69, 9.17) is 4.98 Å². The predicted octanol–water partition coefficient (Wildman–Crippen LogP) is 9.24. The van der Waals surface area contributed by atoms with E-state index in [1.54, 1.807) is 0 Å². The predicted molar refractivity (Wildman–Crippen MR) is 178 cm³/mol. The van der Waals surface area contributed by atoms with Gasteiger partial charge in [-0.3, -0.25) is 10.1 Å². The first-order chi connectivity index (χ1) is 21.7. The Balaban J connectivity index is 1.38. The van der Waals surface area contributed by atoms with E-state index < -0.39 is 5.41 Å². The molecule has 3 heterocycles. The van der Waals surface area contributed by atoms with Gasteiger partial charge in [0.2, 0.25) is 0 Å². The van der Waals surface area contributed by atoms with E-state index in [-0.39, 0.29) is 0 Å². The van der Waals surface area contributed by atoms with Gasteiger partial charge in [0.15, 0.2) is 0 Å². The second-order valence-corrected chi connectivity index (χ2v) is 11.6. The van der Waals surface area contributed by atoms with Gasteiger partial charge in [0, 0.05) is 33.9 Å². The molecule has 0 unspecified atom stereocenters. The van der Waals surface area contributed by atoms with E-state index in [0.29, 0.717) is 0 Å². The Morgan fingerprint density at radius 3 is 2.09 bits per heavy atom. The molecule has 0 radical (unpaired) electrons. The van der Waals surface area contributed by atoms with Crippen LogP contribution >= 0.6 is 0 Å². The van der Waals surface area contributed by atoms with Gasteiger partial charge in [-0.25, -0.2) is 0 Å². The van der Waals surface area contributed by atoms with E-state index in [9.17, 15) is 0 Å². The fraction of sp³-hybridized carbons (Fsp3) is 0.0500. The van der Waals surface area contributed by atoms with Crippen LogP contribution in [0.5, 0.6) is 0 Å². The Morgan fingerprint density at radius 1 is 0.614 bits per heavy atom. The second-order valence-electron chi connectivity index (χ2n) is 11.6. The first-order valence-electron chi connectivity index (χ1n) is 15.0. The van der Waals surface area contributed by atoms with Crippen molar-refractivity contribution in [3.63, 3.8) is 0 Å². The van der Waals surface area contributed by atoms with Crippen molar-refractivity contribution >= 4 is 21.8 Å². The molecule has 208 valence electrons. The van der Waals surface area contributed by atoms with Gasteiger partial charge in [-0.1, -0.05) is 97.1 Å². The number of aromatic amines is 1. The topological polar surface area (TPSA) is 46.5 Å². The highest BCUT2D eigenvalue weighted by atomic mass is 15.1. The lowest BCUT2D eigenvalue weighted by atomic mass is 9.69. The van der Waals surface area contributed by atoms with E-state index in [1.165, 1.54) is 44.1 Å². The number of pyridine rings is 1. The van der Waals surface area contributed by atoms with Crippen LogP contribution in [-0.2, 0) is 5.41 Å². The molecule has 0 saturated carbocycles. The number of hydrogen-bond donors (Lipinski definition) is 1. The van der Waals surface area contributed by atoms with Gasteiger partial charge in [-0.15, -0.1) is 0 Å². The van der Waals surface area contributed by atoms with Crippen LogP contribution < -0.4 is 0 Å². The van der Waals surface area contributed by atoms with Crippen LogP contribution in [0.25, 0.3) is 49.9 Å². The largest absolute Gasteiger partial charge is 0.309 e. The minimum absolute atomic E-state index is 0.557. The highest BCUT2D eigenvalue weighted by molar-refractivity contribution is 6.09. The summed E-state index contributed by atoms with van der Waals surface area (Å²) < 4.78 is 2.40. The molecule has 0 spiro atoms. The number of aryl methyl sites for hydroxylation is 1. The normalized spacial score (nSPS) is 13.3. The van der Waals surface area contributed by atoms with Crippen molar-refractivity contribution in [2.45, 2.75) is 12.3 Å². The summed E-state index contributed by atoms with van der Waals surface area (Å²) in [5.74, 6) is 0. The number of aromatic nitrogens is 4. The standard InChI is InChI=1S/C40H28N4/c1-26-23-36(43-42-26)27-11-10-12-29(24-27)44-37-18-7-4-15-32(37)33-21-20-28(25-38(33)44)40(39-19-8-9-22-41-39)34-16-5-2-13-30(34)31-14-3-6-17-35(31)40/h2-25H,1H3,(H,42,43). The van der Waals surface area contributed by atoms with Gasteiger partial charge in [0.1, 0.15) is 0 Å². The molecule has 0 fully saturated rings. The summed E-state index contributed by atoms with van der Waals surface area (Å²) in [4.78, 5) is 5.04. The summed E-state index contributed by atoms with van der Waals surface area (Å²) in [7, 11) is 0. The number of H-pyrrole nitrogens is 1. The minimum Gasteiger partial charge on any atom is -0.309 e. The molecule has 9 rings (SSSR count). The Bertz CT molecular complexity index is 2310. The number of fused-ring (bicyclic) bond motifs is 6. The van der Waals surface area contributed by atoms with Crippen LogP contribution in [0.1, 0.15) is 28.1 Å². The van der Waals surface area contributed by atoms with Gasteiger partial charge in [0.25, 0.3) is 0 Å². The first-order valence-corrected chi connectivity index (χ1v) is 15.0. The van der Waals surface area contributed by atoms with Gasteiger partial charge in [0.05, 0.1) is 27.8 Å². The lowest BCUT2D eigenvalue weighted by molar-refractivity contribution is 0.735. The van der Waals surface area contributed by atoms with Crippen molar-refractivity contribution in [3.8, 4) is 28.1 Å². The molecule has 4 heteroatoms. The van der Waals surface area contributed by atoms with Crippen LogP contribution in [0.4, 0.5) is 0 Å². The van der Waals surface area contributed by atoms with E-state index in [1.807, 2.05) is 19.2 Å². The zero-order chi connectivity index (χ0) is 29.3. The highest BCUT2D eigenvalue weighted by Crippen LogP contribution is 2.56. The molecule has 0 saturated heterocycles. The molecule has 1 aliphatic rings. The average molecular weight is 565 g/mol. The number of hydrogen-bond acceptors (Lipinski definition) is 2. The summed E-state index contributed by atoms with van der Waals surface area (Å²) in [6, 6.07) is 50.4. The molecular formula is C40H28N4. The Labute approximate surface area is 255 Å². The summed E-state index contributed by atoms with van der Waals surface area (Å²) in [6.07, 6.45) is 1.92. The van der Waals surface area contributed by atoms with Crippen molar-refractivity contribution in [2.75, 3.05) is 0 Å². The number of benzene rings is 5. The molecule has 0 amide bonds. The summed E-state index contributed by atoms with van der Waals surface area (Å²) >= 11 is 0. The third-order valence-electron chi connectivity index (χ3n) is 9.21. The molecule has 3 aromatic heterocycles. The van der Waals surface area contributed by atoms with Crippen molar-refractivity contribution in [2.24, 2.45) is 0 Å².